The molecule has 0 spiro atoms. The van der Waals surface area contributed by atoms with Crippen LogP contribution in [0.25, 0.3) is 21.6 Å². The van der Waals surface area contributed by atoms with Gasteiger partial charge in [0.05, 0.1) is 5.69 Å². The van der Waals surface area contributed by atoms with E-state index in [1.165, 1.54) is 16.9 Å². The van der Waals surface area contributed by atoms with Crippen molar-refractivity contribution in [3.63, 3.8) is 0 Å². The highest BCUT2D eigenvalue weighted by Gasteiger charge is 2.05. The molecule has 0 radical (unpaired) electrons. The van der Waals surface area contributed by atoms with Gasteiger partial charge >= 0.3 is 0 Å². The number of benzene rings is 1. The molecule has 2 aromatic heterocycles. The highest BCUT2D eigenvalue weighted by molar-refractivity contribution is 7.21. The van der Waals surface area contributed by atoms with Crippen molar-refractivity contribution in [3.8, 4) is 11.3 Å². The molecule has 3 aromatic rings. The van der Waals surface area contributed by atoms with Gasteiger partial charge in [0.15, 0.2) is 5.13 Å². The minimum absolute atomic E-state index is 0.564. The first-order chi connectivity index (χ1) is 9.22. The van der Waals surface area contributed by atoms with Crippen LogP contribution >= 0.6 is 11.3 Å². The minimum Gasteiger partial charge on any atom is -0.400 e. The zero-order valence-electron chi connectivity index (χ0n) is 10.8. The Kier molecular flexibility index (Phi) is 4.09. The molecule has 3 N–H and O–H groups in total. The van der Waals surface area contributed by atoms with Gasteiger partial charge in [-0.3, -0.25) is 0 Å². The molecule has 0 fully saturated rings. The highest BCUT2D eigenvalue weighted by Crippen LogP contribution is 2.26. The Labute approximate surface area is 115 Å². The molecular formula is C14H15N3OS. The summed E-state index contributed by atoms with van der Waals surface area (Å²) in [5.74, 6) is 0. The van der Waals surface area contributed by atoms with Crippen LogP contribution in [0.15, 0.2) is 36.4 Å². The van der Waals surface area contributed by atoms with Crippen LogP contribution in [0.2, 0.25) is 0 Å². The van der Waals surface area contributed by atoms with Crippen molar-refractivity contribution < 1.29 is 5.11 Å². The van der Waals surface area contributed by atoms with E-state index in [0.717, 1.165) is 28.7 Å². The number of hydrogen-bond donors (Lipinski definition) is 2. The number of aryl methyl sites for hydroxylation is 1. The Morgan fingerprint density at radius 1 is 1.11 bits per heavy atom. The van der Waals surface area contributed by atoms with Gasteiger partial charge in [0, 0.05) is 12.7 Å². The number of aliphatic hydroxyl groups is 1. The van der Waals surface area contributed by atoms with E-state index in [4.69, 9.17) is 10.8 Å². The van der Waals surface area contributed by atoms with Gasteiger partial charge in [0.2, 0.25) is 0 Å². The number of nitrogens with two attached hydrogens (primary N) is 1. The van der Waals surface area contributed by atoms with E-state index in [9.17, 15) is 0 Å². The van der Waals surface area contributed by atoms with Crippen LogP contribution < -0.4 is 5.73 Å². The lowest BCUT2D eigenvalue weighted by molar-refractivity contribution is 0.399. The lowest BCUT2D eigenvalue weighted by atomic mass is 10.1. The standard InChI is InChI=1S/C13H11N3S.CH4O/c1-8-3-2-4-9(7-8)10-5-6-11-12(15-10)17-13(14)16-11;1-2/h2-7H,1H3,(H2,14,16);2H,1H3. The van der Waals surface area contributed by atoms with Crippen LogP contribution in [-0.4, -0.2) is 22.2 Å². The quantitative estimate of drug-likeness (QED) is 0.715. The molecule has 5 heteroatoms. The smallest absolute Gasteiger partial charge is 0.182 e. The summed E-state index contributed by atoms with van der Waals surface area (Å²) in [6.07, 6.45) is 0. The lowest BCUT2D eigenvalue weighted by Gasteiger charge is -2.01. The number of aromatic nitrogens is 2. The molecule has 0 atom stereocenters. The summed E-state index contributed by atoms with van der Waals surface area (Å²) in [5.41, 5.74) is 9.85. The van der Waals surface area contributed by atoms with Crippen molar-refractivity contribution in [2.45, 2.75) is 6.92 Å². The predicted molar refractivity (Wildman–Crippen MR) is 80.1 cm³/mol. The van der Waals surface area contributed by atoms with E-state index < -0.39 is 0 Å². The first-order valence-electron chi connectivity index (χ1n) is 5.77. The molecule has 1 aromatic carbocycles. The van der Waals surface area contributed by atoms with Crippen LogP contribution in [0.1, 0.15) is 5.56 Å². The Hall–Kier alpha value is -1.98. The zero-order chi connectivity index (χ0) is 13.8. The fourth-order valence-corrected chi connectivity index (χ4v) is 2.50. The summed E-state index contributed by atoms with van der Waals surface area (Å²) < 4.78 is 0. The number of nitrogens with zero attached hydrogens (tertiary/aromatic N) is 2. The summed E-state index contributed by atoms with van der Waals surface area (Å²) in [7, 11) is 1.00. The molecular weight excluding hydrogens is 258 g/mol. The van der Waals surface area contributed by atoms with Crippen molar-refractivity contribution >= 4 is 26.8 Å². The predicted octanol–water partition coefficient (Wildman–Crippen LogP) is 2.86. The monoisotopic (exact) mass is 273 g/mol. The summed E-state index contributed by atoms with van der Waals surface area (Å²) in [4.78, 5) is 9.67. The summed E-state index contributed by atoms with van der Waals surface area (Å²) >= 11 is 1.42. The third-order valence-corrected chi connectivity index (χ3v) is 3.38. The van der Waals surface area contributed by atoms with Crippen LogP contribution in [0.3, 0.4) is 0 Å². The second-order valence-electron chi connectivity index (χ2n) is 3.94. The molecule has 19 heavy (non-hydrogen) atoms. The third kappa shape index (κ3) is 2.89. The van der Waals surface area contributed by atoms with Gasteiger partial charge in [-0.15, -0.1) is 0 Å². The summed E-state index contributed by atoms with van der Waals surface area (Å²) in [6, 6.07) is 12.2. The number of aliphatic hydroxyl groups excluding tert-OH is 1. The molecule has 0 aliphatic rings. The van der Waals surface area contributed by atoms with E-state index in [2.05, 4.69) is 35.1 Å². The summed E-state index contributed by atoms with van der Waals surface area (Å²) in [6.45, 7) is 2.08. The average molecular weight is 273 g/mol. The molecule has 0 amide bonds. The fourth-order valence-electron chi connectivity index (χ4n) is 1.80. The van der Waals surface area contributed by atoms with Crippen LogP contribution in [-0.2, 0) is 0 Å². The molecule has 0 aliphatic carbocycles. The zero-order valence-corrected chi connectivity index (χ0v) is 11.6. The van der Waals surface area contributed by atoms with Gasteiger partial charge < -0.3 is 10.8 Å². The van der Waals surface area contributed by atoms with Crippen LogP contribution in [0.4, 0.5) is 5.13 Å². The molecule has 98 valence electrons. The number of thiazole rings is 1. The molecule has 0 unspecified atom stereocenters. The average Bonchev–Trinajstić information content (AvgIpc) is 2.80. The maximum atomic E-state index is 7.00. The van der Waals surface area contributed by atoms with Crippen LogP contribution in [0.5, 0.6) is 0 Å². The maximum Gasteiger partial charge on any atom is 0.182 e. The SMILES string of the molecule is CO.Cc1cccc(-c2ccc3nc(N)sc3n2)c1. The Morgan fingerprint density at radius 2 is 1.89 bits per heavy atom. The van der Waals surface area contributed by atoms with Gasteiger partial charge in [-0.1, -0.05) is 35.1 Å². The number of nitrogen functional groups attached to an aromatic ring is 1. The molecule has 0 bridgehead atoms. The second-order valence-corrected chi connectivity index (χ2v) is 4.95. The molecule has 0 saturated carbocycles. The largest absolute Gasteiger partial charge is 0.400 e. The molecule has 4 nitrogen and oxygen atoms in total. The first kappa shape index (κ1) is 13.5. The number of pyridine rings is 1. The van der Waals surface area contributed by atoms with Gasteiger partial charge in [0.25, 0.3) is 0 Å². The van der Waals surface area contributed by atoms with Crippen molar-refractivity contribution in [1.29, 1.82) is 0 Å². The molecule has 2 heterocycles. The number of rotatable bonds is 1. The number of hydrogen-bond acceptors (Lipinski definition) is 5. The van der Waals surface area contributed by atoms with Gasteiger partial charge in [-0.2, -0.15) is 0 Å². The molecule has 0 aliphatic heterocycles. The van der Waals surface area contributed by atoms with Crippen molar-refractivity contribution in [3.05, 3.63) is 42.0 Å². The van der Waals surface area contributed by atoms with E-state index >= 15 is 0 Å². The minimum atomic E-state index is 0.564. The van der Waals surface area contributed by atoms with Gasteiger partial charge in [-0.05, 0) is 25.1 Å². The topological polar surface area (TPSA) is 72.0 Å². The van der Waals surface area contributed by atoms with Crippen molar-refractivity contribution in [2.24, 2.45) is 0 Å². The van der Waals surface area contributed by atoms with Gasteiger partial charge in [0.1, 0.15) is 10.3 Å². The second kappa shape index (κ2) is 5.77. The first-order valence-corrected chi connectivity index (χ1v) is 6.59. The summed E-state index contributed by atoms with van der Waals surface area (Å²) in [5, 5.41) is 7.56. The van der Waals surface area contributed by atoms with E-state index in [1.54, 1.807) is 0 Å². The van der Waals surface area contributed by atoms with Crippen LogP contribution in [0, 0.1) is 6.92 Å². The van der Waals surface area contributed by atoms with Crippen molar-refractivity contribution in [2.75, 3.05) is 12.8 Å². The Balaban J connectivity index is 0.000000637. The Bertz CT molecular complexity index is 694. The van der Waals surface area contributed by atoms with E-state index in [-0.39, 0.29) is 0 Å². The highest BCUT2D eigenvalue weighted by atomic mass is 32.1. The maximum absolute atomic E-state index is 7.00. The van der Waals surface area contributed by atoms with Crippen molar-refractivity contribution in [1.82, 2.24) is 9.97 Å². The number of fused-ring (bicyclic) bond motifs is 1. The number of anilines is 1. The van der Waals surface area contributed by atoms with Gasteiger partial charge in [-0.25, -0.2) is 9.97 Å². The Morgan fingerprint density at radius 3 is 2.63 bits per heavy atom. The molecule has 0 saturated heterocycles. The molecule has 3 rings (SSSR count). The third-order valence-electron chi connectivity index (χ3n) is 2.59. The van der Waals surface area contributed by atoms with E-state index in [1.807, 2.05) is 18.2 Å². The van der Waals surface area contributed by atoms with E-state index in [0.29, 0.717) is 5.13 Å². The normalized spacial score (nSPS) is 10.1. The lowest BCUT2D eigenvalue weighted by Crippen LogP contribution is -1.84. The fraction of sp³-hybridized carbons (Fsp3) is 0.143.